The normalized spacial score (nSPS) is 12.2. The lowest BCUT2D eigenvalue weighted by molar-refractivity contribution is -0.136. The molecule has 1 atom stereocenters. The summed E-state index contributed by atoms with van der Waals surface area (Å²) in [7, 11) is 0. The molecule has 1 N–H and O–H groups in total. The quantitative estimate of drug-likeness (QED) is 0.204. The second kappa shape index (κ2) is 17.1. The number of aliphatic carboxylic acids is 1. The van der Waals surface area contributed by atoms with E-state index in [1.54, 1.807) is 0 Å². The number of carboxylic acids is 1. The number of unbranched alkanes of at least 4 members (excludes halogenated alkanes) is 13. The number of benzene rings is 1. The van der Waals surface area contributed by atoms with Gasteiger partial charge in [-0.15, -0.1) is 11.6 Å². The zero-order valence-electron chi connectivity index (χ0n) is 17.0. The van der Waals surface area contributed by atoms with Crippen molar-refractivity contribution in [3.05, 3.63) is 35.9 Å². The van der Waals surface area contributed by atoms with Gasteiger partial charge in [-0.25, -0.2) is 0 Å². The van der Waals surface area contributed by atoms with Crippen LogP contribution in [0.4, 0.5) is 0 Å². The molecule has 0 spiro atoms. The zero-order valence-corrected chi connectivity index (χ0v) is 17.8. The van der Waals surface area contributed by atoms with Crippen LogP contribution in [0.2, 0.25) is 0 Å². The number of hydrogen-bond acceptors (Lipinski definition) is 1. The molecular formula is C24H39ClO2. The fourth-order valence-electron chi connectivity index (χ4n) is 3.54. The highest BCUT2D eigenvalue weighted by Gasteiger charge is 2.11. The van der Waals surface area contributed by atoms with Crippen LogP contribution in [0, 0.1) is 0 Å². The van der Waals surface area contributed by atoms with Gasteiger partial charge in [-0.2, -0.15) is 0 Å². The molecule has 0 bridgehead atoms. The Hall–Kier alpha value is -1.02. The lowest BCUT2D eigenvalue weighted by Crippen LogP contribution is -2.12. The Morgan fingerprint density at radius 2 is 1.11 bits per heavy atom. The molecule has 0 saturated heterocycles. The van der Waals surface area contributed by atoms with Gasteiger partial charge in [-0.3, -0.25) is 4.79 Å². The molecular weight excluding hydrogens is 356 g/mol. The van der Waals surface area contributed by atoms with Crippen molar-refractivity contribution < 1.29 is 9.90 Å². The molecule has 0 aliphatic rings. The first-order valence-electron chi connectivity index (χ1n) is 11.1. The molecule has 0 amide bonds. The first kappa shape index (κ1) is 24.0. The van der Waals surface area contributed by atoms with Gasteiger partial charge in [0.15, 0.2) is 0 Å². The van der Waals surface area contributed by atoms with E-state index in [0.717, 1.165) is 12.8 Å². The van der Waals surface area contributed by atoms with Gasteiger partial charge in [0, 0.05) is 0 Å². The summed E-state index contributed by atoms with van der Waals surface area (Å²) in [5.74, 6) is -0.885. The standard InChI is InChI=1S/C24H39ClO2/c25-23(24(26)27)21-17-12-10-8-6-4-2-1-3-5-7-9-11-14-18-22-19-15-13-16-20-22/h13,15-16,19-20,23H,1-12,14,17-18,21H2,(H,26,27). The fourth-order valence-corrected chi connectivity index (χ4v) is 3.70. The fraction of sp³-hybridized carbons (Fsp3) is 0.708. The summed E-state index contributed by atoms with van der Waals surface area (Å²) < 4.78 is 0. The monoisotopic (exact) mass is 394 g/mol. The van der Waals surface area contributed by atoms with E-state index < -0.39 is 11.3 Å². The first-order valence-corrected chi connectivity index (χ1v) is 11.5. The maximum Gasteiger partial charge on any atom is 0.321 e. The SMILES string of the molecule is O=C(O)C(Cl)CCCCCCCCCCCCCCCCc1ccccc1. The minimum atomic E-state index is -0.885. The summed E-state index contributed by atoms with van der Waals surface area (Å²) in [6, 6.07) is 10.8. The average molecular weight is 395 g/mol. The number of alkyl halides is 1. The van der Waals surface area contributed by atoms with E-state index in [4.69, 9.17) is 16.7 Å². The van der Waals surface area contributed by atoms with Gasteiger partial charge in [0.1, 0.15) is 5.38 Å². The summed E-state index contributed by atoms with van der Waals surface area (Å²) in [4.78, 5) is 10.6. The molecule has 27 heavy (non-hydrogen) atoms. The van der Waals surface area contributed by atoms with Crippen LogP contribution < -0.4 is 0 Å². The third kappa shape index (κ3) is 14.7. The molecule has 0 radical (unpaired) electrons. The van der Waals surface area contributed by atoms with Gasteiger partial charge >= 0.3 is 5.97 Å². The maximum absolute atomic E-state index is 10.6. The van der Waals surface area contributed by atoms with E-state index in [0.29, 0.717) is 6.42 Å². The van der Waals surface area contributed by atoms with Crippen molar-refractivity contribution in [1.82, 2.24) is 0 Å². The van der Waals surface area contributed by atoms with E-state index in [1.807, 2.05) is 0 Å². The highest BCUT2D eigenvalue weighted by molar-refractivity contribution is 6.29. The Morgan fingerprint density at radius 1 is 0.704 bits per heavy atom. The summed E-state index contributed by atoms with van der Waals surface area (Å²) in [5, 5.41) is 8.01. The molecule has 2 nitrogen and oxygen atoms in total. The lowest BCUT2D eigenvalue weighted by atomic mass is 10.0. The largest absolute Gasteiger partial charge is 0.480 e. The van der Waals surface area contributed by atoms with Gasteiger partial charge in [0.2, 0.25) is 0 Å². The van der Waals surface area contributed by atoms with Gasteiger partial charge in [0.25, 0.3) is 0 Å². The van der Waals surface area contributed by atoms with Crippen molar-refractivity contribution in [1.29, 1.82) is 0 Å². The summed E-state index contributed by atoms with van der Waals surface area (Å²) in [6.07, 6.45) is 20.1. The van der Waals surface area contributed by atoms with Gasteiger partial charge in [-0.05, 0) is 24.8 Å². The van der Waals surface area contributed by atoms with E-state index in [1.165, 1.54) is 89.0 Å². The van der Waals surface area contributed by atoms with E-state index >= 15 is 0 Å². The minimum Gasteiger partial charge on any atom is -0.480 e. The maximum atomic E-state index is 10.6. The van der Waals surface area contributed by atoms with Crippen LogP contribution in [0.3, 0.4) is 0 Å². The molecule has 1 aromatic carbocycles. The summed E-state index contributed by atoms with van der Waals surface area (Å²) in [5.41, 5.74) is 1.47. The Kier molecular flexibility index (Phi) is 15.2. The summed E-state index contributed by atoms with van der Waals surface area (Å²) >= 11 is 5.70. The molecule has 1 rings (SSSR count). The lowest BCUT2D eigenvalue weighted by Gasteiger charge is -2.05. The number of carbonyl (C=O) groups is 1. The zero-order chi connectivity index (χ0) is 19.6. The predicted octanol–water partition coefficient (Wildman–Crippen LogP) is 7.77. The molecule has 154 valence electrons. The molecule has 0 saturated carbocycles. The van der Waals surface area contributed by atoms with Gasteiger partial charge < -0.3 is 5.11 Å². The highest BCUT2D eigenvalue weighted by Crippen LogP contribution is 2.15. The Labute approximate surface area is 171 Å². The van der Waals surface area contributed by atoms with Crippen LogP contribution in [0.5, 0.6) is 0 Å². The van der Waals surface area contributed by atoms with Crippen molar-refractivity contribution in [2.75, 3.05) is 0 Å². The number of carboxylic acid groups (broad SMARTS) is 1. The highest BCUT2D eigenvalue weighted by atomic mass is 35.5. The van der Waals surface area contributed by atoms with Crippen molar-refractivity contribution in [2.24, 2.45) is 0 Å². The second-order valence-corrected chi connectivity index (χ2v) is 8.31. The van der Waals surface area contributed by atoms with Crippen molar-refractivity contribution in [3.63, 3.8) is 0 Å². The van der Waals surface area contributed by atoms with E-state index in [9.17, 15) is 4.79 Å². The van der Waals surface area contributed by atoms with Crippen molar-refractivity contribution in [3.8, 4) is 0 Å². The smallest absolute Gasteiger partial charge is 0.321 e. The molecule has 0 heterocycles. The van der Waals surface area contributed by atoms with E-state index in [2.05, 4.69) is 30.3 Å². The predicted molar refractivity (Wildman–Crippen MR) is 117 cm³/mol. The minimum absolute atomic E-state index is 0.600. The number of rotatable bonds is 18. The van der Waals surface area contributed by atoms with Crippen LogP contribution in [0.1, 0.15) is 102 Å². The van der Waals surface area contributed by atoms with Crippen molar-refractivity contribution in [2.45, 2.75) is 108 Å². The molecule has 3 heteroatoms. The van der Waals surface area contributed by atoms with Crippen molar-refractivity contribution >= 4 is 17.6 Å². The third-order valence-electron chi connectivity index (χ3n) is 5.28. The Balaban J connectivity index is 1.72. The van der Waals surface area contributed by atoms with Gasteiger partial charge in [0.05, 0.1) is 0 Å². The van der Waals surface area contributed by atoms with Crippen LogP contribution >= 0.6 is 11.6 Å². The van der Waals surface area contributed by atoms with Gasteiger partial charge in [-0.1, -0.05) is 114 Å². The summed E-state index contributed by atoms with van der Waals surface area (Å²) in [6.45, 7) is 0. The third-order valence-corrected chi connectivity index (χ3v) is 5.69. The van der Waals surface area contributed by atoms with Crippen LogP contribution in [0.25, 0.3) is 0 Å². The number of hydrogen-bond donors (Lipinski definition) is 1. The second-order valence-electron chi connectivity index (χ2n) is 7.78. The molecule has 0 aliphatic heterocycles. The Bertz CT molecular complexity index is 461. The topological polar surface area (TPSA) is 37.3 Å². The number of aryl methyl sites for hydroxylation is 1. The molecule has 1 aromatic rings. The van der Waals surface area contributed by atoms with Crippen LogP contribution in [-0.2, 0) is 11.2 Å². The molecule has 0 fully saturated rings. The Morgan fingerprint density at radius 3 is 1.56 bits per heavy atom. The molecule has 0 aliphatic carbocycles. The number of halogens is 1. The first-order chi connectivity index (χ1) is 13.2. The van der Waals surface area contributed by atoms with E-state index in [-0.39, 0.29) is 0 Å². The molecule has 1 unspecified atom stereocenters. The van der Waals surface area contributed by atoms with Crippen LogP contribution in [-0.4, -0.2) is 16.5 Å². The molecule has 0 aromatic heterocycles. The van der Waals surface area contributed by atoms with Crippen LogP contribution in [0.15, 0.2) is 30.3 Å². The average Bonchev–Trinajstić information content (AvgIpc) is 2.68.